The lowest BCUT2D eigenvalue weighted by molar-refractivity contribution is -0.156. The zero-order valence-electron chi connectivity index (χ0n) is 59.3. The first-order chi connectivity index (χ1) is 45.2. The molecule has 536 valence electrons. The Labute approximate surface area is 578 Å². The minimum Gasteiger partial charge on any atom is -0.489 e. The lowest BCUT2D eigenvalue weighted by Crippen LogP contribution is -2.65. The van der Waals surface area contributed by atoms with Gasteiger partial charge in [-0.1, -0.05) is 102 Å². The number of amides is 12. The summed E-state index contributed by atoms with van der Waals surface area (Å²) in [6, 6.07) is -5.07. The number of carbonyl (C=O) groups is 12. The topological polar surface area (TPSA) is 279 Å². The summed E-state index contributed by atoms with van der Waals surface area (Å²) >= 11 is 13.2. The van der Waals surface area contributed by atoms with Crippen LogP contribution in [0.25, 0.3) is 0 Å². The molecular formula is C69H108Cl2N12O13. The number of carbonyl (C=O) groups excluding carboxylic acids is 12. The maximum absolute atomic E-state index is 15.4. The molecule has 96 heavy (non-hydrogen) atoms. The molecule has 2 saturated carbocycles. The summed E-state index contributed by atoms with van der Waals surface area (Å²) in [5.41, 5.74) is -0.894. The van der Waals surface area contributed by atoms with Crippen molar-refractivity contribution >= 4 is 94.1 Å². The molecule has 1 aromatic carbocycles. The number of likely N-dealkylation sites (N-methyl/N-ethyl adjacent to an activating group) is 7. The van der Waals surface area contributed by atoms with Crippen LogP contribution < -0.4 is 20.7 Å². The van der Waals surface area contributed by atoms with Crippen LogP contribution in [0.2, 0.25) is 10.0 Å². The Morgan fingerprint density at radius 2 is 1.25 bits per heavy atom. The number of aryl methyl sites for hydroxylation is 1. The van der Waals surface area contributed by atoms with E-state index in [0.29, 0.717) is 62.9 Å². The van der Waals surface area contributed by atoms with Crippen molar-refractivity contribution < 1.29 is 62.3 Å². The van der Waals surface area contributed by atoms with Crippen molar-refractivity contribution in [2.45, 2.75) is 224 Å². The number of hydrogen-bond donors (Lipinski definition) is 3. The molecule has 6 rings (SSSR count). The predicted octanol–water partition coefficient (Wildman–Crippen LogP) is 4.89. The molecule has 27 heteroatoms. The fourth-order valence-corrected chi connectivity index (χ4v) is 14.5. The van der Waals surface area contributed by atoms with Crippen LogP contribution in [0.4, 0.5) is 0 Å². The molecule has 1 spiro atoms. The molecule has 0 radical (unpaired) electrons. The minimum atomic E-state index is -1.52. The lowest BCUT2D eigenvalue weighted by Gasteiger charge is -2.41. The Morgan fingerprint density at radius 3 is 1.86 bits per heavy atom. The number of nitrogens with one attached hydrogen (secondary N) is 3. The van der Waals surface area contributed by atoms with Crippen LogP contribution in [0.1, 0.15) is 170 Å². The number of benzene rings is 1. The molecule has 5 fully saturated rings. The predicted molar refractivity (Wildman–Crippen MR) is 364 cm³/mol. The van der Waals surface area contributed by atoms with Crippen molar-refractivity contribution in [3.63, 3.8) is 0 Å². The number of likely N-dealkylation sites (tertiary alicyclic amines) is 1. The molecule has 3 aliphatic heterocycles. The highest BCUT2D eigenvalue weighted by molar-refractivity contribution is 6.43. The van der Waals surface area contributed by atoms with Crippen LogP contribution in [0.3, 0.4) is 0 Å². The summed E-state index contributed by atoms with van der Waals surface area (Å²) in [6.07, 6.45) is 8.99. The van der Waals surface area contributed by atoms with E-state index >= 15 is 19.2 Å². The monoisotopic (exact) mass is 1380 g/mol. The van der Waals surface area contributed by atoms with Crippen LogP contribution >= 0.6 is 23.2 Å². The second-order valence-corrected chi connectivity index (χ2v) is 29.1. The number of halogens is 2. The highest BCUT2D eigenvalue weighted by Crippen LogP contribution is 2.37. The molecule has 0 unspecified atom stereocenters. The van der Waals surface area contributed by atoms with Gasteiger partial charge in [-0.05, 0) is 120 Å². The molecule has 2 aliphatic carbocycles. The molecule has 3 N–H and O–H groups in total. The Morgan fingerprint density at radius 1 is 0.635 bits per heavy atom. The molecule has 3 saturated heterocycles. The van der Waals surface area contributed by atoms with Gasteiger partial charge in [0.05, 0.1) is 37.2 Å². The fourth-order valence-electron chi connectivity index (χ4n) is 14.1. The average molecular weight is 1380 g/mol. The summed E-state index contributed by atoms with van der Waals surface area (Å²) in [7, 11) is 10.0. The molecule has 3 heterocycles. The van der Waals surface area contributed by atoms with E-state index in [9.17, 15) is 38.4 Å². The van der Waals surface area contributed by atoms with E-state index in [1.54, 1.807) is 37.8 Å². The van der Waals surface area contributed by atoms with Crippen LogP contribution in [-0.4, -0.2) is 258 Å². The second kappa shape index (κ2) is 35.1. The van der Waals surface area contributed by atoms with Crippen LogP contribution in [0.15, 0.2) is 12.1 Å². The van der Waals surface area contributed by atoms with Crippen LogP contribution in [0, 0.1) is 17.8 Å². The summed E-state index contributed by atoms with van der Waals surface area (Å²) in [5, 5.41) is 9.19. The highest BCUT2D eigenvalue weighted by Gasteiger charge is 2.50. The second-order valence-electron chi connectivity index (χ2n) is 28.3. The van der Waals surface area contributed by atoms with Crippen molar-refractivity contribution in [2.24, 2.45) is 17.8 Å². The summed E-state index contributed by atoms with van der Waals surface area (Å²) in [5.74, 6) is -7.98. The third-order valence-electron chi connectivity index (χ3n) is 20.5. The highest BCUT2D eigenvalue weighted by atomic mass is 35.5. The van der Waals surface area contributed by atoms with E-state index in [-0.39, 0.29) is 67.1 Å². The fraction of sp³-hybridized carbons (Fsp3) is 0.739. The van der Waals surface area contributed by atoms with Crippen LogP contribution in [0.5, 0.6) is 5.75 Å². The van der Waals surface area contributed by atoms with Crippen LogP contribution in [-0.2, 0) is 64.0 Å². The summed E-state index contributed by atoms with van der Waals surface area (Å²) in [6.45, 7) is 11.6. The summed E-state index contributed by atoms with van der Waals surface area (Å²) in [4.78, 5) is 188. The Balaban J connectivity index is 1.40. The van der Waals surface area contributed by atoms with E-state index in [4.69, 9.17) is 27.9 Å². The Bertz CT molecular complexity index is 2990. The molecular weight excluding hydrogens is 1280 g/mol. The number of piperidine rings is 1. The van der Waals surface area contributed by atoms with Gasteiger partial charge in [0.2, 0.25) is 70.9 Å². The van der Waals surface area contributed by atoms with Crippen molar-refractivity contribution in [1.82, 2.24) is 60.0 Å². The Kier molecular flexibility index (Phi) is 28.6. The largest absolute Gasteiger partial charge is 0.489 e. The van der Waals surface area contributed by atoms with Gasteiger partial charge in [-0.2, -0.15) is 0 Å². The smallest absolute Gasteiger partial charge is 0.248 e. The first kappa shape index (κ1) is 78.2. The zero-order valence-corrected chi connectivity index (χ0v) is 60.8. The van der Waals surface area contributed by atoms with Gasteiger partial charge in [0.15, 0.2) is 0 Å². The lowest BCUT2D eigenvalue weighted by atomic mass is 9.84. The third-order valence-corrected chi connectivity index (χ3v) is 21.2. The molecule has 5 aliphatic rings. The van der Waals surface area contributed by atoms with E-state index < -0.39 is 157 Å². The van der Waals surface area contributed by atoms with Gasteiger partial charge in [-0.15, -0.1) is 0 Å². The van der Waals surface area contributed by atoms with Gasteiger partial charge >= 0.3 is 0 Å². The van der Waals surface area contributed by atoms with Crippen molar-refractivity contribution in [3.8, 4) is 5.75 Å². The maximum atomic E-state index is 15.4. The zero-order chi connectivity index (χ0) is 71.2. The molecule has 12 amide bonds. The first-order valence-corrected chi connectivity index (χ1v) is 35.4. The molecule has 0 bridgehead atoms. The molecule has 8 atom stereocenters. The number of fused-ring (bicyclic) bond motifs is 1. The van der Waals surface area contributed by atoms with Gasteiger partial charge < -0.3 is 64.8 Å². The van der Waals surface area contributed by atoms with E-state index in [1.165, 1.54) is 80.8 Å². The van der Waals surface area contributed by atoms with Crippen molar-refractivity contribution in [2.75, 3.05) is 88.6 Å². The normalized spacial score (nSPS) is 26.2. The van der Waals surface area contributed by atoms with Gasteiger partial charge in [0.25, 0.3) is 0 Å². The maximum Gasteiger partial charge on any atom is 0.248 e. The van der Waals surface area contributed by atoms with Gasteiger partial charge in [-0.3, -0.25) is 57.5 Å². The number of ether oxygens (including phenoxy) is 1. The molecule has 25 nitrogen and oxygen atoms in total. The minimum absolute atomic E-state index is 0.0142. The first-order valence-electron chi connectivity index (χ1n) is 34.7. The average Bonchev–Trinajstić information content (AvgIpc) is 1.44. The number of rotatable bonds is 11. The van der Waals surface area contributed by atoms with Gasteiger partial charge in [0, 0.05) is 69.0 Å². The SMILES string of the molecule is CC[C@H](C)[C@@H]1NC(=O)[C@H](C)N(C)C(=O)C[C@@H](C(=O)N2CCCCC2)N(C)C(=O)[C@H](C(C)C)N(C)C(=O)C2(CCCC2)NC(=O)[C@@H]2CCCN2C(=O)[C@H](CCc2cc(Cl)c(Cl)c(OC(C)C)c2)NC(=O)CN(C)C(=O)[C@H](CC2CCCCC2)N(C)C(=O)CN(C)C(=O)CN(C)C1=O. The third kappa shape index (κ3) is 19.5. The molecule has 0 aromatic heterocycles. The Hall–Kier alpha value is -6.76. The van der Waals surface area contributed by atoms with E-state index in [2.05, 4.69) is 16.0 Å². The number of hydrogen-bond acceptors (Lipinski definition) is 13. The van der Waals surface area contributed by atoms with Gasteiger partial charge in [0.1, 0.15) is 58.6 Å². The van der Waals surface area contributed by atoms with Gasteiger partial charge in [-0.25, -0.2) is 0 Å². The van der Waals surface area contributed by atoms with E-state index in [0.717, 1.165) is 53.2 Å². The number of nitrogens with zero attached hydrogens (tertiary/aromatic N) is 9. The van der Waals surface area contributed by atoms with Crippen molar-refractivity contribution in [3.05, 3.63) is 27.7 Å². The summed E-state index contributed by atoms with van der Waals surface area (Å²) < 4.78 is 5.97. The molecule has 1 aromatic rings. The van der Waals surface area contributed by atoms with E-state index in [1.807, 2.05) is 20.8 Å². The quantitative estimate of drug-likeness (QED) is 0.266. The van der Waals surface area contributed by atoms with Crippen molar-refractivity contribution in [1.29, 1.82) is 0 Å². The standard InChI is InChI=1S/C69H108Cl2N12O13/c1-15-44(6)59-66(93)77(10)40-56(86)75(8)41-57(87)79(12)51(36-46-25-18-16-19-26-46)64(91)76(9)39-54(84)72-49(29-28-47-35-48(70)58(71)53(37-47)96-43(4)5)63(90)83-34-24-27-50(83)62(89)74-69(30-20-21-31-69)68(95)81(14)60(42(2)3)67(94)80(13)52(65(92)82-32-22-17-23-33-82)38-55(85)78(11)45(7)61(88)73-59/h35,37,42-46,49-52,59-60H,15-34,36,38-41H2,1-14H3,(H,72,84)(H,73,88)(H,74,89)/t44-,45-,49-,50-,51-,52-,59-,60-/m0/s1.